The van der Waals surface area contributed by atoms with Crippen molar-refractivity contribution in [2.75, 3.05) is 11.9 Å². The zero-order chi connectivity index (χ0) is 13.9. The van der Waals surface area contributed by atoms with Crippen LogP contribution in [0.1, 0.15) is 12.8 Å². The highest BCUT2D eigenvalue weighted by molar-refractivity contribution is 5.94. The van der Waals surface area contributed by atoms with E-state index in [0.29, 0.717) is 12.4 Å². The second-order valence-electron chi connectivity index (χ2n) is 4.81. The van der Waals surface area contributed by atoms with Crippen LogP contribution in [0.3, 0.4) is 0 Å². The second-order valence-corrected chi connectivity index (χ2v) is 4.81. The van der Waals surface area contributed by atoms with E-state index in [4.69, 9.17) is 4.74 Å². The van der Waals surface area contributed by atoms with Gasteiger partial charge in [0.25, 0.3) is 5.91 Å². The van der Waals surface area contributed by atoms with Crippen molar-refractivity contribution in [2.45, 2.75) is 18.9 Å². The fraction of sp³-hybridized carbons (Fsp3) is 0.357. The number of hydrogen-bond acceptors (Lipinski definition) is 4. The molecule has 0 unspecified atom stereocenters. The summed E-state index contributed by atoms with van der Waals surface area (Å²) in [6, 6.07) is 7.50. The predicted molar refractivity (Wildman–Crippen MR) is 74.0 cm³/mol. The molecule has 0 saturated carbocycles. The van der Waals surface area contributed by atoms with Gasteiger partial charge in [0.05, 0.1) is 0 Å². The molecule has 0 radical (unpaired) electrons. The van der Waals surface area contributed by atoms with Gasteiger partial charge < -0.3 is 10.1 Å². The van der Waals surface area contributed by atoms with Gasteiger partial charge in [-0.2, -0.15) is 5.10 Å². The molecule has 3 rings (SSSR count). The fourth-order valence-corrected chi connectivity index (χ4v) is 2.21. The quantitative estimate of drug-likeness (QED) is 0.921. The summed E-state index contributed by atoms with van der Waals surface area (Å²) >= 11 is 0. The zero-order valence-electron chi connectivity index (χ0n) is 11.2. The minimum absolute atomic E-state index is 0.0892. The Kier molecular flexibility index (Phi) is 3.47. The lowest BCUT2D eigenvalue weighted by molar-refractivity contribution is -0.124. The fourth-order valence-electron chi connectivity index (χ4n) is 2.21. The third-order valence-corrected chi connectivity index (χ3v) is 3.21. The maximum absolute atomic E-state index is 12.0. The molecular formula is C14H16N4O2. The Morgan fingerprint density at radius 1 is 1.50 bits per heavy atom. The summed E-state index contributed by atoms with van der Waals surface area (Å²) < 4.78 is 7.01. The number of anilines is 1. The van der Waals surface area contributed by atoms with Crippen LogP contribution in [0, 0.1) is 0 Å². The molecule has 0 aliphatic carbocycles. The van der Waals surface area contributed by atoms with Crippen LogP contribution in [0.15, 0.2) is 30.6 Å². The molecule has 6 nitrogen and oxygen atoms in total. The number of nitrogens with zero attached hydrogens (tertiary/aromatic N) is 3. The van der Waals surface area contributed by atoms with E-state index < -0.39 is 0 Å². The molecule has 2 aromatic rings. The van der Waals surface area contributed by atoms with Crippen LogP contribution in [0.5, 0.6) is 0 Å². The first kappa shape index (κ1) is 12.8. The average molecular weight is 272 g/mol. The molecule has 1 aromatic carbocycles. The monoisotopic (exact) mass is 272 g/mol. The highest BCUT2D eigenvalue weighted by atomic mass is 16.5. The van der Waals surface area contributed by atoms with Gasteiger partial charge in [-0.1, -0.05) is 12.1 Å². The largest absolute Gasteiger partial charge is 0.368 e. The van der Waals surface area contributed by atoms with E-state index in [-0.39, 0.29) is 12.0 Å². The highest BCUT2D eigenvalue weighted by Crippen LogP contribution is 2.20. The molecule has 20 heavy (non-hydrogen) atoms. The van der Waals surface area contributed by atoms with Gasteiger partial charge in [0.1, 0.15) is 12.4 Å². The maximum Gasteiger partial charge on any atom is 0.253 e. The van der Waals surface area contributed by atoms with Crippen LogP contribution < -0.4 is 5.32 Å². The molecule has 1 amide bonds. The van der Waals surface area contributed by atoms with Gasteiger partial charge in [0, 0.05) is 24.9 Å². The second kappa shape index (κ2) is 5.42. The summed E-state index contributed by atoms with van der Waals surface area (Å²) in [7, 11) is 1.82. The number of carbonyl (C=O) groups excluding carboxylic acids is 1. The molecule has 1 saturated heterocycles. The SMILES string of the molecule is Cn1cnc(-c2cccc(NC(=O)[C@@H]3CCCO3)c2)n1. The van der Waals surface area contributed by atoms with Crippen LogP contribution in [0.4, 0.5) is 5.69 Å². The van der Waals surface area contributed by atoms with Crippen molar-refractivity contribution >= 4 is 11.6 Å². The van der Waals surface area contributed by atoms with Gasteiger partial charge in [-0.25, -0.2) is 4.98 Å². The number of rotatable bonds is 3. The number of amides is 1. The molecule has 1 aliphatic heterocycles. The lowest BCUT2D eigenvalue weighted by atomic mass is 10.1. The Morgan fingerprint density at radius 2 is 2.40 bits per heavy atom. The normalized spacial score (nSPS) is 18.1. The lowest BCUT2D eigenvalue weighted by Crippen LogP contribution is -2.26. The molecule has 1 N–H and O–H groups in total. The van der Waals surface area contributed by atoms with Gasteiger partial charge >= 0.3 is 0 Å². The maximum atomic E-state index is 12.0. The standard InChI is InChI=1S/C14H16N4O2/c1-18-9-15-13(17-18)10-4-2-5-11(8-10)16-14(19)12-6-3-7-20-12/h2,4-5,8-9,12H,3,6-7H2,1H3,(H,16,19)/t12-/m0/s1. The Bertz CT molecular complexity index is 617. The Labute approximate surface area is 116 Å². The number of ether oxygens (including phenoxy) is 1. The van der Waals surface area contributed by atoms with Crippen LogP contribution >= 0.6 is 0 Å². The molecule has 1 atom stereocenters. The van der Waals surface area contributed by atoms with Gasteiger partial charge in [-0.3, -0.25) is 9.48 Å². The molecule has 2 heterocycles. The van der Waals surface area contributed by atoms with Crippen LogP contribution in [-0.2, 0) is 16.6 Å². The Morgan fingerprint density at radius 3 is 3.10 bits per heavy atom. The van der Waals surface area contributed by atoms with Crippen LogP contribution in [-0.4, -0.2) is 33.4 Å². The molecular weight excluding hydrogens is 256 g/mol. The minimum atomic E-state index is -0.327. The Hall–Kier alpha value is -2.21. The third kappa shape index (κ3) is 2.70. The number of aryl methyl sites for hydroxylation is 1. The number of carbonyl (C=O) groups is 1. The van der Waals surface area contributed by atoms with Crippen molar-refractivity contribution < 1.29 is 9.53 Å². The van der Waals surface area contributed by atoms with Crippen LogP contribution in [0.2, 0.25) is 0 Å². The van der Waals surface area contributed by atoms with Crippen molar-refractivity contribution in [2.24, 2.45) is 7.05 Å². The summed E-state index contributed by atoms with van der Waals surface area (Å²) in [6.45, 7) is 0.663. The minimum Gasteiger partial charge on any atom is -0.368 e. The summed E-state index contributed by atoms with van der Waals surface area (Å²) in [5, 5.41) is 7.12. The van der Waals surface area contributed by atoms with E-state index in [0.717, 1.165) is 24.1 Å². The van der Waals surface area contributed by atoms with E-state index >= 15 is 0 Å². The van der Waals surface area contributed by atoms with E-state index in [9.17, 15) is 4.79 Å². The summed E-state index contributed by atoms with van der Waals surface area (Å²) in [4.78, 5) is 16.2. The lowest BCUT2D eigenvalue weighted by Gasteiger charge is -2.10. The smallest absolute Gasteiger partial charge is 0.253 e. The summed E-state index contributed by atoms with van der Waals surface area (Å²) in [5.41, 5.74) is 1.60. The van der Waals surface area contributed by atoms with Crippen molar-refractivity contribution in [3.63, 3.8) is 0 Å². The Balaban J connectivity index is 1.75. The van der Waals surface area contributed by atoms with Gasteiger partial charge in [0.2, 0.25) is 0 Å². The number of nitrogens with one attached hydrogen (secondary N) is 1. The van der Waals surface area contributed by atoms with Gasteiger partial charge in [0.15, 0.2) is 5.82 Å². The average Bonchev–Trinajstić information content (AvgIpc) is 3.10. The van der Waals surface area contributed by atoms with E-state index in [2.05, 4.69) is 15.4 Å². The topological polar surface area (TPSA) is 69.0 Å². The summed E-state index contributed by atoms with van der Waals surface area (Å²) in [6.07, 6.45) is 3.04. The van der Waals surface area contributed by atoms with Crippen LogP contribution in [0.25, 0.3) is 11.4 Å². The highest BCUT2D eigenvalue weighted by Gasteiger charge is 2.23. The first-order valence-electron chi connectivity index (χ1n) is 6.61. The molecule has 1 fully saturated rings. The van der Waals surface area contributed by atoms with E-state index in [1.807, 2.05) is 31.3 Å². The molecule has 0 spiro atoms. The van der Waals surface area contributed by atoms with Crippen molar-refractivity contribution in [3.05, 3.63) is 30.6 Å². The first-order chi connectivity index (χ1) is 9.72. The molecule has 1 aromatic heterocycles. The zero-order valence-corrected chi connectivity index (χ0v) is 11.2. The van der Waals surface area contributed by atoms with Gasteiger partial charge in [-0.05, 0) is 25.0 Å². The van der Waals surface area contributed by atoms with E-state index in [1.165, 1.54) is 0 Å². The van der Waals surface area contributed by atoms with Gasteiger partial charge in [-0.15, -0.1) is 0 Å². The third-order valence-electron chi connectivity index (χ3n) is 3.21. The van der Waals surface area contributed by atoms with Crippen molar-refractivity contribution in [3.8, 4) is 11.4 Å². The van der Waals surface area contributed by atoms with Crippen molar-refractivity contribution in [1.82, 2.24) is 14.8 Å². The molecule has 1 aliphatic rings. The summed E-state index contributed by atoms with van der Waals surface area (Å²) in [5.74, 6) is 0.550. The first-order valence-corrected chi connectivity index (χ1v) is 6.61. The predicted octanol–water partition coefficient (Wildman–Crippen LogP) is 1.60. The van der Waals surface area contributed by atoms with Crippen molar-refractivity contribution in [1.29, 1.82) is 0 Å². The molecule has 0 bridgehead atoms. The number of aromatic nitrogens is 3. The molecule has 6 heteroatoms. The number of hydrogen-bond donors (Lipinski definition) is 1. The molecule has 104 valence electrons. The van der Waals surface area contributed by atoms with E-state index in [1.54, 1.807) is 11.0 Å². The number of benzene rings is 1.